The fourth-order valence-corrected chi connectivity index (χ4v) is 2.42. The van der Waals surface area contributed by atoms with E-state index in [1.54, 1.807) is 13.8 Å². The quantitative estimate of drug-likeness (QED) is 0.789. The van der Waals surface area contributed by atoms with Crippen LogP contribution in [0.1, 0.15) is 25.0 Å². The Bertz CT molecular complexity index is 673. The second-order valence-corrected chi connectivity index (χ2v) is 5.62. The van der Waals surface area contributed by atoms with Gasteiger partial charge in [0.2, 0.25) is 5.91 Å². The first-order chi connectivity index (χ1) is 9.90. The number of carboxylic acid groups (broad SMARTS) is 1. The van der Waals surface area contributed by atoms with Crippen LogP contribution in [0.3, 0.4) is 0 Å². The third kappa shape index (κ3) is 3.24. The summed E-state index contributed by atoms with van der Waals surface area (Å²) < 4.78 is 0. The summed E-state index contributed by atoms with van der Waals surface area (Å²) in [5.41, 5.74) is 3.00. The van der Waals surface area contributed by atoms with Crippen molar-refractivity contribution in [2.24, 2.45) is 5.92 Å². The van der Waals surface area contributed by atoms with Gasteiger partial charge in [-0.1, -0.05) is 32.0 Å². The highest BCUT2D eigenvalue weighted by Gasteiger charge is 2.23. The second-order valence-electron chi connectivity index (χ2n) is 5.62. The number of carbonyl (C=O) groups excluding carboxylic acids is 1. The van der Waals surface area contributed by atoms with E-state index in [-0.39, 0.29) is 18.2 Å². The number of hydrogen-bond donors (Lipinski definition) is 3. The van der Waals surface area contributed by atoms with Gasteiger partial charge in [0, 0.05) is 17.1 Å². The Labute approximate surface area is 123 Å². The Balaban J connectivity index is 2.15. The van der Waals surface area contributed by atoms with E-state index < -0.39 is 12.0 Å². The number of aromatic amines is 1. The molecule has 112 valence electrons. The van der Waals surface area contributed by atoms with Crippen molar-refractivity contribution in [1.29, 1.82) is 0 Å². The van der Waals surface area contributed by atoms with Gasteiger partial charge in [0.1, 0.15) is 6.04 Å². The van der Waals surface area contributed by atoms with Gasteiger partial charge in [-0.2, -0.15) is 0 Å². The minimum atomic E-state index is -1.01. The summed E-state index contributed by atoms with van der Waals surface area (Å²) >= 11 is 0. The molecule has 0 bridgehead atoms. The summed E-state index contributed by atoms with van der Waals surface area (Å²) in [6, 6.07) is 5.05. The molecule has 2 rings (SSSR count). The molecule has 0 radical (unpaired) electrons. The molecule has 5 nitrogen and oxygen atoms in total. The Morgan fingerprint density at radius 2 is 2.05 bits per heavy atom. The standard InChI is InChI=1S/C16H20N2O3/c1-9(2)14(16(20)21)18-13(19)7-11-8-17-15-10(3)5-4-6-12(11)15/h4-6,8-9,14,17H,7H2,1-3H3,(H,18,19)(H,20,21)/t14-/m0/s1. The zero-order chi connectivity index (χ0) is 15.6. The number of aliphatic carboxylic acids is 1. The SMILES string of the molecule is Cc1cccc2c(CC(=O)N[C@H](C(=O)O)C(C)C)c[nH]c12. The number of para-hydroxylation sites is 1. The lowest BCUT2D eigenvalue weighted by Gasteiger charge is -2.17. The number of hydrogen-bond acceptors (Lipinski definition) is 2. The molecule has 1 aromatic heterocycles. The summed E-state index contributed by atoms with van der Waals surface area (Å²) in [7, 11) is 0. The molecule has 0 saturated carbocycles. The van der Waals surface area contributed by atoms with Gasteiger partial charge in [0.25, 0.3) is 0 Å². The van der Waals surface area contributed by atoms with Crippen LogP contribution in [-0.2, 0) is 16.0 Å². The molecular weight excluding hydrogens is 268 g/mol. The van der Waals surface area contributed by atoms with Gasteiger partial charge in [-0.05, 0) is 24.0 Å². The molecule has 0 aliphatic heterocycles. The summed E-state index contributed by atoms with van der Waals surface area (Å²) in [4.78, 5) is 26.3. The summed E-state index contributed by atoms with van der Waals surface area (Å²) in [5, 5.41) is 12.7. The third-order valence-electron chi connectivity index (χ3n) is 3.61. The molecule has 0 spiro atoms. The van der Waals surface area contributed by atoms with Crippen molar-refractivity contribution in [1.82, 2.24) is 10.3 Å². The number of carbonyl (C=O) groups is 2. The topological polar surface area (TPSA) is 82.2 Å². The fraction of sp³-hybridized carbons (Fsp3) is 0.375. The lowest BCUT2D eigenvalue weighted by Crippen LogP contribution is -2.44. The summed E-state index contributed by atoms with van der Waals surface area (Å²) in [5.74, 6) is -1.44. The highest BCUT2D eigenvalue weighted by molar-refractivity contribution is 5.91. The van der Waals surface area contributed by atoms with Crippen molar-refractivity contribution in [2.75, 3.05) is 0 Å². The van der Waals surface area contributed by atoms with Gasteiger partial charge in [-0.15, -0.1) is 0 Å². The molecule has 1 atom stereocenters. The number of rotatable bonds is 5. The average molecular weight is 288 g/mol. The molecule has 3 N–H and O–H groups in total. The van der Waals surface area contributed by atoms with Gasteiger partial charge in [-0.25, -0.2) is 4.79 Å². The van der Waals surface area contributed by atoms with Crippen LogP contribution in [0.4, 0.5) is 0 Å². The zero-order valence-corrected chi connectivity index (χ0v) is 12.4. The van der Waals surface area contributed by atoms with Crippen molar-refractivity contribution in [3.63, 3.8) is 0 Å². The first-order valence-electron chi connectivity index (χ1n) is 6.98. The van der Waals surface area contributed by atoms with Crippen LogP contribution in [0.25, 0.3) is 10.9 Å². The minimum Gasteiger partial charge on any atom is -0.480 e. The Morgan fingerprint density at radius 1 is 1.33 bits per heavy atom. The minimum absolute atomic E-state index is 0.156. The molecule has 21 heavy (non-hydrogen) atoms. The molecule has 2 aromatic rings. The number of H-pyrrole nitrogens is 1. The molecule has 0 unspecified atom stereocenters. The van der Waals surface area contributed by atoms with Crippen LogP contribution in [-0.4, -0.2) is 28.0 Å². The number of nitrogens with one attached hydrogen (secondary N) is 2. The number of carboxylic acids is 1. The predicted octanol–water partition coefficient (Wildman–Crippen LogP) is 2.24. The van der Waals surface area contributed by atoms with E-state index in [0.29, 0.717) is 0 Å². The molecular formula is C16H20N2O3. The largest absolute Gasteiger partial charge is 0.480 e. The van der Waals surface area contributed by atoms with Crippen molar-refractivity contribution < 1.29 is 14.7 Å². The Kier molecular flexibility index (Phi) is 4.31. The van der Waals surface area contributed by atoms with Gasteiger partial charge in [-0.3, -0.25) is 4.79 Å². The first-order valence-corrected chi connectivity index (χ1v) is 6.98. The van der Waals surface area contributed by atoms with E-state index in [2.05, 4.69) is 10.3 Å². The van der Waals surface area contributed by atoms with Crippen LogP contribution < -0.4 is 5.32 Å². The second kappa shape index (κ2) is 5.99. The number of amides is 1. The van der Waals surface area contributed by atoms with Crippen LogP contribution in [0.15, 0.2) is 24.4 Å². The van der Waals surface area contributed by atoms with Crippen molar-refractivity contribution in [3.8, 4) is 0 Å². The van der Waals surface area contributed by atoms with E-state index in [1.807, 2.05) is 31.3 Å². The lowest BCUT2D eigenvalue weighted by atomic mass is 10.0. The highest BCUT2D eigenvalue weighted by atomic mass is 16.4. The van der Waals surface area contributed by atoms with Crippen molar-refractivity contribution >= 4 is 22.8 Å². The smallest absolute Gasteiger partial charge is 0.326 e. The number of aromatic nitrogens is 1. The zero-order valence-electron chi connectivity index (χ0n) is 12.4. The van der Waals surface area contributed by atoms with Crippen LogP contribution in [0.2, 0.25) is 0 Å². The van der Waals surface area contributed by atoms with E-state index in [4.69, 9.17) is 5.11 Å². The lowest BCUT2D eigenvalue weighted by molar-refractivity contribution is -0.143. The molecule has 1 heterocycles. The molecule has 0 fully saturated rings. The van der Waals surface area contributed by atoms with E-state index >= 15 is 0 Å². The molecule has 0 saturated heterocycles. The van der Waals surface area contributed by atoms with Crippen LogP contribution >= 0.6 is 0 Å². The maximum Gasteiger partial charge on any atom is 0.326 e. The Morgan fingerprint density at radius 3 is 2.67 bits per heavy atom. The van der Waals surface area contributed by atoms with Crippen molar-refractivity contribution in [2.45, 2.75) is 33.2 Å². The molecule has 0 aliphatic carbocycles. The van der Waals surface area contributed by atoms with Gasteiger partial charge >= 0.3 is 5.97 Å². The molecule has 1 aromatic carbocycles. The van der Waals surface area contributed by atoms with Crippen LogP contribution in [0.5, 0.6) is 0 Å². The highest BCUT2D eigenvalue weighted by Crippen LogP contribution is 2.21. The number of fused-ring (bicyclic) bond motifs is 1. The van der Waals surface area contributed by atoms with E-state index in [1.165, 1.54) is 0 Å². The maximum atomic E-state index is 12.1. The maximum absolute atomic E-state index is 12.1. The van der Waals surface area contributed by atoms with Gasteiger partial charge in [0.05, 0.1) is 6.42 Å². The normalized spacial score (nSPS) is 12.6. The number of benzene rings is 1. The average Bonchev–Trinajstić information content (AvgIpc) is 2.80. The van der Waals surface area contributed by atoms with E-state index in [9.17, 15) is 9.59 Å². The first kappa shape index (κ1) is 15.1. The van der Waals surface area contributed by atoms with Gasteiger partial charge < -0.3 is 15.4 Å². The van der Waals surface area contributed by atoms with E-state index in [0.717, 1.165) is 22.0 Å². The van der Waals surface area contributed by atoms with Gasteiger partial charge in [0.15, 0.2) is 0 Å². The third-order valence-corrected chi connectivity index (χ3v) is 3.61. The summed E-state index contributed by atoms with van der Waals surface area (Å²) in [6.07, 6.45) is 1.97. The molecule has 0 aliphatic rings. The summed E-state index contributed by atoms with van der Waals surface area (Å²) in [6.45, 7) is 5.55. The Hall–Kier alpha value is -2.30. The predicted molar refractivity (Wildman–Crippen MR) is 81.1 cm³/mol. The molecule has 5 heteroatoms. The molecule has 1 amide bonds. The van der Waals surface area contributed by atoms with Crippen LogP contribution in [0, 0.1) is 12.8 Å². The monoisotopic (exact) mass is 288 g/mol. The van der Waals surface area contributed by atoms with Crippen molar-refractivity contribution in [3.05, 3.63) is 35.5 Å². The fourth-order valence-electron chi connectivity index (χ4n) is 2.42. The number of aryl methyl sites for hydroxylation is 1.